The van der Waals surface area contributed by atoms with Crippen LogP contribution in [0.1, 0.15) is 47.1 Å². The minimum Gasteiger partial charge on any atom is -0.358 e. The van der Waals surface area contributed by atoms with E-state index in [-0.39, 0.29) is 11.7 Å². The van der Waals surface area contributed by atoms with Gasteiger partial charge in [0.15, 0.2) is 11.6 Å². The molecule has 4 nitrogen and oxygen atoms in total. The van der Waals surface area contributed by atoms with Crippen LogP contribution >= 0.6 is 0 Å². The van der Waals surface area contributed by atoms with Gasteiger partial charge in [0.2, 0.25) is 0 Å². The molecule has 4 heteroatoms. The van der Waals surface area contributed by atoms with E-state index in [9.17, 15) is 4.79 Å². The topological polar surface area (TPSA) is 50.7 Å². The second-order valence-corrected chi connectivity index (χ2v) is 6.14. The van der Waals surface area contributed by atoms with E-state index in [0.29, 0.717) is 12.2 Å². The van der Waals surface area contributed by atoms with Crippen molar-refractivity contribution in [3.63, 3.8) is 0 Å². The third-order valence-electron chi connectivity index (χ3n) is 4.74. The van der Waals surface area contributed by atoms with E-state index in [1.807, 2.05) is 13.2 Å². The number of benzene rings is 1. The van der Waals surface area contributed by atoms with Crippen LogP contribution < -0.4 is 0 Å². The van der Waals surface area contributed by atoms with Crippen LogP contribution in [0, 0.1) is 0 Å². The number of Topliss-reactive ketones (excluding diaryl/α,β-unsaturated/α-hetero) is 1. The number of H-pyrrole nitrogens is 1. The lowest BCUT2D eigenvalue weighted by Gasteiger charge is -2.22. The summed E-state index contributed by atoms with van der Waals surface area (Å²) < 4.78 is 1.80. The lowest BCUT2D eigenvalue weighted by Crippen LogP contribution is -2.16. The van der Waals surface area contributed by atoms with E-state index in [4.69, 9.17) is 0 Å². The van der Waals surface area contributed by atoms with E-state index < -0.39 is 0 Å². The van der Waals surface area contributed by atoms with Crippen molar-refractivity contribution < 1.29 is 4.79 Å². The largest absolute Gasteiger partial charge is 0.358 e. The second kappa shape index (κ2) is 5.13. The lowest BCUT2D eigenvalue weighted by molar-refractivity contribution is 0.0957. The molecular formula is C18H19N3O. The van der Waals surface area contributed by atoms with Gasteiger partial charge < -0.3 is 9.55 Å². The average molecular weight is 293 g/mol. The van der Waals surface area contributed by atoms with Gasteiger partial charge in [-0.1, -0.05) is 18.2 Å². The van der Waals surface area contributed by atoms with Crippen molar-refractivity contribution in [1.29, 1.82) is 0 Å². The molecule has 22 heavy (non-hydrogen) atoms. The van der Waals surface area contributed by atoms with Gasteiger partial charge in [0.05, 0.1) is 0 Å². The van der Waals surface area contributed by atoms with Crippen LogP contribution in [0.25, 0.3) is 10.9 Å². The maximum absolute atomic E-state index is 12.5. The van der Waals surface area contributed by atoms with Crippen molar-refractivity contribution in [3.8, 4) is 0 Å². The summed E-state index contributed by atoms with van der Waals surface area (Å²) in [6.07, 6.45) is 7.35. The van der Waals surface area contributed by atoms with Crippen LogP contribution in [0.15, 0.2) is 36.7 Å². The van der Waals surface area contributed by atoms with Gasteiger partial charge in [-0.2, -0.15) is 0 Å². The average Bonchev–Trinajstić information content (AvgIpc) is 3.11. The first-order valence-corrected chi connectivity index (χ1v) is 7.84. The summed E-state index contributed by atoms with van der Waals surface area (Å²) in [5.41, 5.74) is 3.85. The molecule has 3 aromatic rings. The Kier molecular flexibility index (Phi) is 3.10. The molecule has 0 aliphatic heterocycles. The summed E-state index contributed by atoms with van der Waals surface area (Å²) >= 11 is 0. The van der Waals surface area contributed by atoms with Gasteiger partial charge in [0, 0.05) is 48.4 Å². The number of carbonyl (C=O) groups excluding carboxylic acids is 1. The Morgan fingerprint density at radius 2 is 2.27 bits per heavy atom. The van der Waals surface area contributed by atoms with E-state index >= 15 is 0 Å². The highest BCUT2D eigenvalue weighted by Crippen LogP contribution is 2.38. The monoisotopic (exact) mass is 293 g/mol. The molecule has 1 N–H and O–H groups in total. The molecule has 2 heterocycles. The molecule has 1 atom stereocenters. The summed E-state index contributed by atoms with van der Waals surface area (Å²) in [6.45, 7) is 0. The van der Waals surface area contributed by atoms with E-state index in [1.165, 1.54) is 22.2 Å². The highest BCUT2D eigenvalue weighted by Gasteiger charge is 2.27. The molecule has 0 bridgehead atoms. The first-order chi connectivity index (χ1) is 10.7. The standard InChI is InChI=1S/C18H19N3O/c1-21-10-9-19-18(21)16(22)11-12-5-4-7-14-13-6-2-3-8-15(13)20-17(12)14/h2-3,6,8-10,12,20H,4-5,7,11H2,1H3. The molecule has 1 unspecified atom stereocenters. The fourth-order valence-electron chi connectivity index (χ4n) is 3.66. The normalized spacial score (nSPS) is 17.6. The zero-order chi connectivity index (χ0) is 15.1. The Morgan fingerprint density at radius 1 is 1.41 bits per heavy atom. The highest BCUT2D eigenvalue weighted by molar-refractivity contribution is 5.93. The quantitative estimate of drug-likeness (QED) is 0.750. The van der Waals surface area contributed by atoms with Crippen molar-refractivity contribution in [3.05, 3.63) is 53.7 Å². The third-order valence-corrected chi connectivity index (χ3v) is 4.74. The molecule has 1 aromatic carbocycles. The van der Waals surface area contributed by atoms with Crippen LogP contribution in [-0.4, -0.2) is 20.3 Å². The Hall–Kier alpha value is -2.36. The van der Waals surface area contributed by atoms with Crippen molar-refractivity contribution in [1.82, 2.24) is 14.5 Å². The van der Waals surface area contributed by atoms with Gasteiger partial charge in [-0.25, -0.2) is 4.98 Å². The molecule has 0 spiro atoms. The van der Waals surface area contributed by atoms with Crippen molar-refractivity contribution in [2.75, 3.05) is 0 Å². The molecular weight excluding hydrogens is 274 g/mol. The summed E-state index contributed by atoms with van der Waals surface area (Å²) in [5, 5.41) is 1.31. The van der Waals surface area contributed by atoms with Crippen molar-refractivity contribution >= 4 is 16.7 Å². The van der Waals surface area contributed by atoms with Crippen LogP contribution in [0.4, 0.5) is 0 Å². The summed E-state index contributed by atoms with van der Waals surface area (Å²) in [6, 6.07) is 8.43. The van der Waals surface area contributed by atoms with Gasteiger partial charge in [0.1, 0.15) is 0 Å². The Labute approximate surface area is 129 Å². The molecule has 0 fully saturated rings. The van der Waals surface area contributed by atoms with Crippen LogP contribution in [-0.2, 0) is 13.5 Å². The number of carbonyl (C=O) groups is 1. The number of aromatic nitrogens is 3. The number of hydrogen-bond acceptors (Lipinski definition) is 2. The first kappa shape index (κ1) is 13.3. The van der Waals surface area contributed by atoms with Gasteiger partial charge in [-0.05, 0) is 30.9 Å². The number of hydrogen-bond donors (Lipinski definition) is 1. The molecule has 112 valence electrons. The maximum atomic E-state index is 12.5. The van der Waals surface area contributed by atoms with Crippen LogP contribution in [0.5, 0.6) is 0 Å². The zero-order valence-electron chi connectivity index (χ0n) is 12.7. The highest BCUT2D eigenvalue weighted by atomic mass is 16.1. The minimum absolute atomic E-state index is 0.129. The Bertz CT molecular complexity index is 843. The molecule has 0 saturated heterocycles. The third kappa shape index (κ3) is 2.06. The molecule has 1 aliphatic carbocycles. The van der Waals surface area contributed by atoms with Gasteiger partial charge >= 0.3 is 0 Å². The predicted octanol–water partition coefficient (Wildman–Crippen LogP) is 3.59. The van der Waals surface area contributed by atoms with E-state index in [0.717, 1.165) is 19.3 Å². The van der Waals surface area contributed by atoms with Crippen LogP contribution in [0.2, 0.25) is 0 Å². The molecule has 0 radical (unpaired) electrons. The fourth-order valence-corrected chi connectivity index (χ4v) is 3.66. The lowest BCUT2D eigenvalue weighted by atomic mass is 9.84. The number of ketones is 1. The number of fused-ring (bicyclic) bond motifs is 3. The smallest absolute Gasteiger partial charge is 0.198 e. The molecule has 1 aliphatic rings. The Morgan fingerprint density at radius 3 is 3.09 bits per heavy atom. The number of nitrogens with one attached hydrogen (secondary N) is 1. The molecule has 0 saturated carbocycles. The Balaban J connectivity index is 1.68. The number of aromatic amines is 1. The summed E-state index contributed by atoms with van der Waals surface area (Å²) in [4.78, 5) is 20.3. The summed E-state index contributed by atoms with van der Waals surface area (Å²) in [5.74, 6) is 0.965. The van der Waals surface area contributed by atoms with Crippen LogP contribution in [0.3, 0.4) is 0 Å². The number of rotatable bonds is 3. The summed E-state index contributed by atoms with van der Waals surface area (Å²) in [7, 11) is 1.87. The number of para-hydroxylation sites is 1. The van der Waals surface area contributed by atoms with E-state index in [2.05, 4.69) is 34.2 Å². The van der Waals surface area contributed by atoms with Crippen molar-refractivity contribution in [2.24, 2.45) is 7.05 Å². The van der Waals surface area contributed by atoms with Gasteiger partial charge in [-0.3, -0.25) is 4.79 Å². The van der Waals surface area contributed by atoms with Gasteiger partial charge in [-0.15, -0.1) is 0 Å². The SMILES string of the molecule is Cn1ccnc1C(=O)CC1CCCc2c1[nH]c1ccccc21. The molecule has 4 rings (SSSR count). The van der Waals surface area contributed by atoms with E-state index in [1.54, 1.807) is 10.8 Å². The second-order valence-electron chi connectivity index (χ2n) is 6.14. The fraction of sp³-hybridized carbons (Fsp3) is 0.333. The molecule has 2 aromatic heterocycles. The van der Waals surface area contributed by atoms with Gasteiger partial charge in [0.25, 0.3) is 0 Å². The van der Waals surface area contributed by atoms with Crippen molar-refractivity contribution in [2.45, 2.75) is 31.6 Å². The zero-order valence-corrected chi connectivity index (χ0v) is 12.7. The number of nitrogens with zero attached hydrogens (tertiary/aromatic N) is 2. The molecule has 0 amide bonds. The maximum Gasteiger partial charge on any atom is 0.198 e. The minimum atomic E-state index is 0.129. The number of imidazole rings is 1. The first-order valence-electron chi connectivity index (χ1n) is 7.84. The predicted molar refractivity (Wildman–Crippen MR) is 86.1 cm³/mol. The number of aryl methyl sites for hydroxylation is 2.